The fraction of sp³-hybridized carbons (Fsp3) is 0.462. The van der Waals surface area contributed by atoms with E-state index in [1.807, 2.05) is 6.92 Å². The van der Waals surface area contributed by atoms with E-state index in [0.29, 0.717) is 25.6 Å². The van der Waals surface area contributed by atoms with Crippen LogP contribution in [0.3, 0.4) is 0 Å². The minimum absolute atomic E-state index is 0.133. The van der Waals surface area contributed by atoms with Crippen molar-refractivity contribution in [1.29, 1.82) is 0 Å². The van der Waals surface area contributed by atoms with Gasteiger partial charge in [-0.3, -0.25) is 14.9 Å². The van der Waals surface area contributed by atoms with Gasteiger partial charge >= 0.3 is 0 Å². The van der Waals surface area contributed by atoms with Crippen LogP contribution in [0.2, 0.25) is 0 Å². The third-order valence-corrected chi connectivity index (χ3v) is 3.49. The zero-order chi connectivity index (χ0) is 14.0. The number of nitrogens with zero attached hydrogens (tertiary/aromatic N) is 2. The molecule has 1 aliphatic heterocycles. The predicted octanol–water partition coefficient (Wildman–Crippen LogP) is 1.32. The Morgan fingerprint density at radius 3 is 2.89 bits per heavy atom. The lowest BCUT2D eigenvalue weighted by Crippen LogP contribution is -2.30. The molecule has 1 aromatic carbocycles. The molecule has 19 heavy (non-hydrogen) atoms. The van der Waals surface area contributed by atoms with Crippen LogP contribution in [0.5, 0.6) is 0 Å². The number of aryl methyl sites for hydroxylation is 1. The smallest absolute Gasteiger partial charge is 0.282 e. The van der Waals surface area contributed by atoms with Crippen LogP contribution in [0.1, 0.15) is 22.3 Å². The van der Waals surface area contributed by atoms with Crippen LogP contribution in [0, 0.1) is 23.0 Å². The summed E-state index contributed by atoms with van der Waals surface area (Å²) in [6.07, 6.45) is 0.863. The van der Waals surface area contributed by atoms with Crippen LogP contribution < -0.4 is 5.73 Å². The van der Waals surface area contributed by atoms with E-state index in [9.17, 15) is 14.9 Å². The lowest BCUT2D eigenvalue weighted by molar-refractivity contribution is -0.385. The van der Waals surface area contributed by atoms with Crippen LogP contribution in [-0.2, 0) is 0 Å². The fourth-order valence-corrected chi connectivity index (χ4v) is 2.36. The van der Waals surface area contributed by atoms with Crippen LogP contribution in [-0.4, -0.2) is 35.4 Å². The number of rotatable bonds is 3. The monoisotopic (exact) mass is 263 g/mol. The van der Waals surface area contributed by atoms with E-state index in [0.717, 1.165) is 12.0 Å². The molecule has 0 bridgehead atoms. The number of carbonyl (C=O) groups is 1. The van der Waals surface area contributed by atoms with Crippen molar-refractivity contribution in [2.45, 2.75) is 13.3 Å². The van der Waals surface area contributed by atoms with Crippen molar-refractivity contribution < 1.29 is 9.72 Å². The lowest BCUT2D eigenvalue weighted by Gasteiger charge is -2.16. The third-order valence-electron chi connectivity index (χ3n) is 3.49. The maximum atomic E-state index is 12.4. The Bertz CT molecular complexity index is 516. The summed E-state index contributed by atoms with van der Waals surface area (Å²) < 4.78 is 0. The molecule has 6 nitrogen and oxygen atoms in total. The molecule has 0 spiro atoms. The number of carbonyl (C=O) groups excluding carboxylic acids is 1. The average molecular weight is 263 g/mol. The van der Waals surface area contributed by atoms with E-state index in [2.05, 4.69) is 0 Å². The Kier molecular flexibility index (Phi) is 3.80. The predicted molar refractivity (Wildman–Crippen MR) is 70.9 cm³/mol. The molecule has 1 atom stereocenters. The van der Waals surface area contributed by atoms with E-state index in [1.54, 1.807) is 17.0 Å². The number of amides is 1. The molecule has 0 radical (unpaired) electrons. The number of nitro groups is 1. The molecule has 6 heteroatoms. The summed E-state index contributed by atoms with van der Waals surface area (Å²) in [5.41, 5.74) is 6.46. The molecule has 1 aromatic rings. The maximum absolute atomic E-state index is 12.4. The summed E-state index contributed by atoms with van der Waals surface area (Å²) in [6.45, 7) is 3.55. The Morgan fingerprint density at radius 2 is 2.32 bits per heavy atom. The normalized spacial score (nSPS) is 18.6. The first-order chi connectivity index (χ1) is 9.02. The van der Waals surface area contributed by atoms with Crippen molar-refractivity contribution >= 4 is 11.6 Å². The van der Waals surface area contributed by atoms with Gasteiger partial charge in [0.15, 0.2) is 0 Å². The third kappa shape index (κ3) is 2.73. The molecule has 1 heterocycles. The average Bonchev–Trinajstić information content (AvgIpc) is 2.86. The quantitative estimate of drug-likeness (QED) is 0.658. The molecule has 0 saturated carbocycles. The summed E-state index contributed by atoms with van der Waals surface area (Å²) in [4.78, 5) is 24.5. The van der Waals surface area contributed by atoms with Crippen LogP contribution >= 0.6 is 0 Å². The number of hydrogen-bond acceptors (Lipinski definition) is 4. The van der Waals surface area contributed by atoms with Gasteiger partial charge in [-0.2, -0.15) is 0 Å². The topological polar surface area (TPSA) is 89.5 Å². The lowest BCUT2D eigenvalue weighted by atomic mass is 10.1. The highest BCUT2D eigenvalue weighted by molar-refractivity contribution is 5.98. The summed E-state index contributed by atoms with van der Waals surface area (Å²) in [5.74, 6) is 0.0270. The van der Waals surface area contributed by atoms with Crippen molar-refractivity contribution in [1.82, 2.24) is 4.90 Å². The second-order valence-corrected chi connectivity index (χ2v) is 4.92. The Morgan fingerprint density at radius 1 is 1.58 bits per heavy atom. The number of nitro benzene ring substituents is 1. The molecule has 2 N–H and O–H groups in total. The zero-order valence-corrected chi connectivity index (χ0v) is 10.8. The van der Waals surface area contributed by atoms with Crippen molar-refractivity contribution in [2.24, 2.45) is 11.7 Å². The number of hydrogen-bond donors (Lipinski definition) is 1. The fourth-order valence-electron chi connectivity index (χ4n) is 2.36. The van der Waals surface area contributed by atoms with Gasteiger partial charge in [0, 0.05) is 19.2 Å². The second kappa shape index (κ2) is 5.36. The summed E-state index contributed by atoms with van der Waals surface area (Å²) in [5, 5.41) is 11.0. The van der Waals surface area contributed by atoms with E-state index in [-0.39, 0.29) is 17.2 Å². The van der Waals surface area contributed by atoms with Gasteiger partial charge in [0.05, 0.1) is 4.92 Å². The summed E-state index contributed by atoms with van der Waals surface area (Å²) in [7, 11) is 0. The van der Waals surface area contributed by atoms with Gasteiger partial charge in [0.25, 0.3) is 11.6 Å². The van der Waals surface area contributed by atoms with Gasteiger partial charge in [-0.25, -0.2) is 0 Å². The first-order valence-electron chi connectivity index (χ1n) is 6.27. The minimum Gasteiger partial charge on any atom is -0.338 e. The highest BCUT2D eigenvalue weighted by atomic mass is 16.6. The number of benzene rings is 1. The molecular formula is C13H17N3O3. The highest BCUT2D eigenvalue weighted by Crippen LogP contribution is 2.24. The van der Waals surface area contributed by atoms with Gasteiger partial charge in [0.2, 0.25) is 0 Å². The molecule has 102 valence electrons. The number of likely N-dealkylation sites (tertiary alicyclic amines) is 1. The SMILES string of the molecule is Cc1ccc([N+](=O)[O-])c(C(=O)N2CCC(CN)C2)c1. The van der Waals surface area contributed by atoms with Crippen LogP contribution in [0.25, 0.3) is 0 Å². The van der Waals surface area contributed by atoms with Gasteiger partial charge < -0.3 is 10.6 Å². The van der Waals surface area contributed by atoms with E-state index < -0.39 is 4.92 Å². The molecule has 0 aliphatic carbocycles. The van der Waals surface area contributed by atoms with Crippen molar-refractivity contribution in [3.8, 4) is 0 Å². The van der Waals surface area contributed by atoms with E-state index in [4.69, 9.17) is 5.73 Å². The largest absolute Gasteiger partial charge is 0.338 e. The van der Waals surface area contributed by atoms with Crippen LogP contribution in [0.15, 0.2) is 18.2 Å². The first-order valence-corrected chi connectivity index (χ1v) is 6.27. The van der Waals surface area contributed by atoms with Crippen molar-refractivity contribution in [2.75, 3.05) is 19.6 Å². The Labute approximate surface area is 111 Å². The second-order valence-electron chi connectivity index (χ2n) is 4.92. The van der Waals surface area contributed by atoms with Gasteiger partial charge in [-0.05, 0) is 37.4 Å². The molecule has 1 unspecified atom stereocenters. The minimum atomic E-state index is -0.511. The summed E-state index contributed by atoms with van der Waals surface area (Å²) in [6, 6.07) is 4.61. The Hall–Kier alpha value is -1.95. The van der Waals surface area contributed by atoms with E-state index in [1.165, 1.54) is 6.07 Å². The zero-order valence-electron chi connectivity index (χ0n) is 10.8. The molecule has 1 fully saturated rings. The van der Waals surface area contributed by atoms with Crippen LogP contribution in [0.4, 0.5) is 5.69 Å². The van der Waals surface area contributed by atoms with Gasteiger partial charge in [-0.15, -0.1) is 0 Å². The van der Waals surface area contributed by atoms with Gasteiger partial charge in [-0.1, -0.05) is 6.07 Å². The highest BCUT2D eigenvalue weighted by Gasteiger charge is 2.30. The maximum Gasteiger partial charge on any atom is 0.282 e. The van der Waals surface area contributed by atoms with Crippen molar-refractivity contribution in [3.05, 3.63) is 39.4 Å². The molecule has 0 aromatic heterocycles. The van der Waals surface area contributed by atoms with E-state index >= 15 is 0 Å². The van der Waals surface area contributed by atoms with Gasteiger partial charge in [0.1, 0.15) is 5.56 Å². The molecular weight excluding hydrogens is 246 g/mol. The van der Waals surface area contributed by atoms with Crippen molar-refractivity contribution in [3.63, 3.8) is 0 Å². The molecule has 1 aliphatic rings. The molecule has 1 saturated heterocycles. The molecule has 1 amide bonds. The molecule has 2 rings (SSSR count). The standard InChI is InChI=1S/C13H17N3O3/c1-9-2-3-12(16(18)19)11(6-9)13(17)15-5-4-10(7-14)8-15/h2-3,6,10H,4-5,7-8,14H2,1H3. The first kappa shape index (κ1) is 13.5. The Balaban J connectivity index is 2.28. The number of nitrogens with two attached hydrogens (primary N) is 1. The summed E-state index contributed by atoms with van der Waals surface area (Å²) >= 11 is 0.